The van der Waals surface area contributed by atoms with Crippen LogP contribution in [0.15, 0.2) is 36.4 Å². The van der Waals surface area contributed by atoms with Gasteiger partial charge in [0.15, 0.2) is 0 Å². The monoisotopic (exact) mass is 311 g/mol. The van der Waals surface area contributed by atoms with Gasteiger partial charge in [0.05, 0.1) is 11.3 Å². The van der Waals surface area contributed by atoms with Crippen molar-refractivity contribution in [3.63, 3.8) is 0 Å². The van der Waals surface area contributed by atoms with Gasteiger partial charge in [-0.25, -0.2) is 13.6 Å². The van der Waals surface area contributed by atoms with Crippen LogP contribution < -0.4 is 5.32 Å². The van der Waals surface area contributed by atoms with Gasteiger partial charge in [-0.15, -0.1) is 0 Å². The van der Waals surface area contributed by atoms with Crippen molar-refractivity contribution in [3.05, 3.63) is 64.2 Å². The highest BCUT2D eigenvalue weighted by molar-refractivity contribution is 6.31. The van der Waals surface area contributed by atoms with Crippen LogP contribution in [-0.2, 0) is 0 Å². The molecule has 0 saturated carbocycles. The normalized spacial score (nSPS) is 10.2. The van der Waals surface area contributed by atoms with Gasteiger partial charge in [-0.3, -0.25) is 4.79 Å². The minimum absolute atomic E-state index is 0.112. The molecule has 0 bridgehead atoms. The highest BCUT2D eigenvalue weighted by atomic mass is 35.5. The summed E-state index contributed by atoms with van der Waals surface area (Å²) < 4.78 is 27.0. The molecule has 0 atom stereocenters. The van der Waals surface area contributed by atoms with Crippen LogP contribution in [0.25, 0.3) is 0 Å². The summed E-state index contributed by atoms with van der Waals surface area (Å²) in [7, 11) is 0. The van der Waals surface area contributed by atoms with E-state index < -0.39 is 29.1 Å². The van der Waals surface area contributed by atoms with Gasteiger partial charge in [0, 0.05) is 5.02 Å². The molecule has 0 aliphatic rings. The average molecular weight is 312 g/mol. The lowest BCUT2D eigenvalue weighted by Gasteiger charge is -2.10. The maximum Gasteiger partial charge on any atom is 0.337 e. The zero-order valence-electron chi connectivity index (χ0n) is 10.4. The van der Waals surface area contributed by atoms with E-state index in [0.29, 0.717) is 0 Å². The van der Waals surface area contributed by atoms with Crippen molar-refractivity contribution in [3.8, 4) is 0 Å². The summed E-state index contributed by atoms with van der Waals surface area (Å²) in [6.45, 7) is 0. The molecule has 0 aliphatic heterocycles. The van der Waals surface area contributed by atoms with Gasteiger partial charge in [0.25, 0.3) is 5.91 Å². The standard InChI is InChI=1S/C14H8ClF2NO3/c15-7-4-5-11(8(6-7)14(20)21)18-13(19)12-9(16)2-1-3-10(12)17/h1-6H,(H,18,19)(H,20,21). The highest BCUT2D eigenvalue weighted by Crippen LogP contribution is 2.22. The van der Waals surface area contributed by atoms with Gasteiger partial charge in [0.2, 0.25) is 0 Å². The van der Waals surface area contributed by atoms with Gasteiger partial charge in [-0.1, -0.05) is 17.7 Å². The summed E-state index contributed by atoms with van der Waals surface area (Å²) in [5, 5.41) is 11.3. The molecule has 0 radical (unpaired) electrons. The number of carboxylic acids is 1. The molecule has 1 amide bonds. The van der Waals surface area contributed by atoms with E-state index in [4.69, 9.17) is 16.7 Å². The van der Waals surface area contributed by atoms with Crippen LogP contribution in [0.4, 0.5) is 14.5 Å². The fraction of sp³-hybridized carbons (Fsp3) is 0. The summed E-state index contributed by atoms with van der Waals surface area (Å²) in [4.78, 5) is 23.0. The number of anilines is 1. The summed E-state index contributed by atoms with van der Waals surface area (Å²) in [6.07, 6.45) is 0. The Balaban J connectivity index is 2.39. The van der Waals surface area contributed by atoms with Crippen molar-refractivity contribution in [2.75, 3.05) is 5.32 Å². The summed E-state index contributed by atoms with van der Waals surface area (Å²) in [6, 6.07) is 6.68. The van der Waals surface area contributed by atoms with E-state index in [1.165, 1.54) is 12.1 Å². The van der Waals surface area contributed by atoms with E-state index in [1.807, 2.05) is 0 Å². The second kappa shape index (κ2) is 5.88. The average Bonchev–Trinajstić information content (AvgIpc) is 2.40. The molecule has 0 aliphatic carbocycles. The lowest BCUT2D eigenvalue weighted by atomic mass is 10.1. The highest BCUT2D eigenvalue weighted by Gasteiger charge is 2.19. The Morgan fingerprint density at radius 3 is 2.29 bits per heavy atom. The van der Waals surface area contributed by atoms with Crippen LogP contribution >= 0.6 is 11.6 Å². The molecular weight excluding hydrogens is 304 g/mol. The van der Waals surface area contributed by atoms with Crippen LogP contribution in [-0.4, -0.2) is 17.0 Å². The predicted octanol–water partition coefficient (Wildman–Crippen LogP) is 3.57. The van der Waals surface area contributed by atoms with Crippen molar-refractivity contribution >= 4 is 29.2 Å². The molecule has 0 heterocycles. The van der Waals surface area contributed by atoms with Gasteiger partial charge in [-0.05, 0) is 30.3 Å². The minimum atomic E-state index is -1.33. The molecule has 0 aromatic heterocycles. The Bertz CT molecular complexity index is 714. The fourth-order valence-corrected chi connectivity index (χ4v) is 1.87. The Labute approximate surface area is 123 Å². The Morgan fingerprint density at radius 2 is 1.71 bits per heavy atom. The number of rotatable bonds is 3. The predicted molar refractivity (Wildman–Crippen MR) is 72.7 cm³/mol. The Hall–Kier alpha value is -2.47. The van der Waals surface area contributed by atoms with Crippen LogP contribution in [0.2, 0.25) is 5.02 Å². The van der Waals surface area contributed by atoms with Gasteiger partial charge < -0.3 is 10.4 Å². The maximum atomic E-state index is 13.5. The molecular formula is C14H8ClF2NO3. The van der Waals surface area contributed by atoms with E-state index >= 15 is 0 Å². The van der Waals surface area contributed by atoms with Crippen LogP contribution in [0.5, 0.6) is 0 Å². The van der Waals surface area contributed by atoms with Crippen LogP contribution in [0.1, 0.15) is 20.7 Å². The number of carboxylic acid groups (broad SMARTS) is 1. The smallest absolute Gasteiger partial charge is 0.337 e. The summed E-state index contributed by atoms with van der Waals surface area (Å²) in [5.74, 6) is -4.51. The molecule has 21 heavy (non-hydrogen) atoms. The lowest BCUT2D eigenvalue weighted by Crippen LogP contribution is -2.17. The van der Waals surface area contributed by atoms with Crippen molar-refractivity contribution < 1.29 is 23.5 Å². The molecule has 7 heteroatoms. The molecule has 2 N–H and O–H groups in total. The molecule has 2 rings (SSSR count). The Kier molecular flexibility index (Phi) is 4.18. The molecule has 4 nitrogen and oxygen atoms in total. The van der Waals surface area contributed by atoms with E-state index in [2.05, 4.69) is 5.32 Å². The fourth-order valence-electron chi connectivity index (χ4n) is 1.70. The van der Waals surface area contributed by atoms with E-state index in [0.717, 1.165) is 24.3 Å². The van der Waals surface area contributed by atoms with E-state index in [9.17, 15) is 18.4 Å². The summed E-state index contributed by atoms with van der Waals surface area (Å²) in [5.41, 5.74) is -1.18. The van der Waals surface area contributed by atoms with Crippen LogP contribution in [0, 0.1) is 11.6 Å². The second-order valence-corrected chi connectivity index (χ2v) is 4.48. The van der Waals surface area contributed by atoms with Gasteiger partial charge in [-0.2, -0.15) is 0 Å². The number of halogens is 3. The number of amides is 1. The molecule has 0 spiro atoms. The zero-order chi connectivity index (χ0) is 15.6. The first-order valence-corrected chi connectivity index (χ1v) is 6.06. The molecule has 0 saturated heterocycles. The molecule has 0 fully saturated rings. The number of carbonyl (C=O) groups excluding carboxylic acids is 1. The quantitative estimate of drug-likeness (QED) is 0.910. The van der Waals surface area contributed by atoms with Crippen molar-refractivity contribution in [2.45, 2.75) is 0 Å². The van der Waals surface area contributed by atoms with Crippen molar-refractivity contribution in [1.82, 2.24) is 0 Å². The third kappa shape index (κ3) is 3.17. The largest absolute Gasteiger partial charge is 0.478 e. The van der Waals surface area contributed by atoms with E-state index in [1.54, 1.807) is 0 Å². The van der Waals surface area contributed by atoms with Crippen molar-refractivity contribution in [2.24, 2.45) is 0 Å². The first-order chi connectivity index (χ1) is 9.90. The van der Waals surface area contributed by atoms with Crippen molar-refractivity contribution in [1.29, 1.82) is 0 Å². The number of hydrogen-bond acceptors (Lipinski definition) is 2. The second-order valence-electron chi connectivity index (χ2n) is 4.05. The summed E-state index contributed by atoms with van der Waals surface area (Å²) >= 11 is 5.67. The number of carbonyl (C=O) groups is 2. The molecule has 2 aromatic carbocycles. The zero-order valence-corrected chi connectivity index (χ0v) is 11.1. The first-order valence-electron chi connectivity index (χ1n) is 5.68. The van der Waals surface area contributed by atoms with E-state index in [-0.39, 0.29) is 16.3 Å². The number of benzene rings is 2. The minimum Gasteiger partial charge on any atom is -0.478 e. The number of aromatic carboxylic acids is 1. The topological polar surface area (TPSA) is 66.4 Å². The third-order valence-electron chi connectivity index (χ3n) is 2.65. The number of nitrogens with one attached hydrogen (secondary N) is 1. The lowest BCUT2D eigenvalue weighted by molar-refractivity contribution is 0.0698. The first kappa shape index (κ1) is 14.9. The SMILES string of the molecule is O=C(O)c1cc(Cl)ccc1NC(=O)c1c(F)cccc1F. The molecule has 2 aromatic rings. The van der Waals surface area contributed by atoms with Gasteiger partial charge >= 0.3 is 5.97 Å². The van der Waals surface area contributed by atoms with Crippen LogP contribution in [0.3, 0.4) is 0 Å². The molecule has 0 unspecified atom stereocenters. The maximum absolute atomic E-state index is 13.5. The van der Waals surface area contributed by atoms with Gasteiger partial charge in [0.1, 0.15) is 17.2 Å². The number of hydrogen-bond donors (Lipinski definition) is 2. The third-order valence-corrected chi connectivity index (χ3v) is 2.89. The molecule has 108 valence electrons. The Morgan fingerprint density at radius 1 is 1.10 bits per heavy atom.